The molecule has 0 bridgehead atoms. The first-order valence-electron chi connectivity index (χ1n) is 33.5. The third-order valence-corrected chi connectivity index (χ3v) is 16.6. The summed E-state index contributed by atoms with van der Waals surface area (Å²) in [4.78, 5) is 72.1. The SMILES string of the molecule is CCCCCCCCCCCCCC(=O)O[C@H](COC(=O)CCCCCCCCC)COP(=O)(O)OC[C@H](O)COP(=O)(O)OC[C@@H](COC(=O)CCCCCCCCCCCC(C)C)OC(=O)CCCCCCCCCCCCC(C)C. The number of hydrogen-bond acceptors (Lipinski definition) is 15. The zero-order valence-corrected chi connectivity index (χ0v) is 55.3. The van der Waals surface area contributed by atoms with Gasteiger partial charge in [-0.15, -0.1) is 0 Å². The Morgan fingerprint density at radius 2 is 0.554 bits per heavy atom. The number of unbranched alkanes of at least 4 members (excludes halogenated alkanes) is 33. The van der Waals surface area contributed by atoms with E-state index in [0.717, 1.165) is 115 Å². The Labute approximate surface area is 505 Å². The van der Waals surface area contributed by atoms with Crippen LogP contribution >= 0.6 is 15.6 Å². The van der Waals surface area contributed by atoms with Crippen molar-refractivity contribution in [2.75, 3.05) is 39.6 Å². The smallest absolute Gasteiger partial charge is 0.462 e. The molecule has 0 aliphatic rings. The molecule has 0 saturated carbocycles. The maximum absolute atomic E-state index is 13.0. The van der Waals surface area contributed by atoms with E-state index in [9.17, 15) is 43.2 Å². The van der Waals surface area contributed by atoms with Crippen molar-refractivity contribution >= 4 is 39.5 Å². The molecular weight excluding hydrogens is 1100 g/mol. The molecule has 2 unspecified atom stereocenters. The lowest BCUT2D eigenvalue weighted by atomic mass is 10.0. The molecule has 5 atom stereocenters. The maximum Gasteiger partial charge on any atom is 0.472 e. The lowest BCUT2D eigenvalue weighted by Crippen LogP contribution is -2.30. The van der Waals surface area contributed by atoms with Gasteiger partial charge in [0.1, 0.15) is 19.3 Å². The number of hydrogen-bond donors (Lipinski definition) is 3. The number of ether oxygens (including phenoxy) is 4. The number of phosphoric acid groups is 2. The molecule has 3 N–H and O–H groups in total. The summed E-state index contributed by atoms with van der Waals surface area (Å²) in [7, 11) is -9.88. The second-order valence-electron chi connectivity index (χ2n) is 24.1. The number of esters is 4. The Kier molecular flexibility index (Phi) is 55.2. The first-order chi connectivity index (χ1) is 39.9. The molecule has 0 aliphatic carbocycles. The van der Waals surface area contributed by atoms with E-state index >= 15 is 0 Å². The first-order valence-corrected chi connectivity index (χ1v) is 36.5. The summed E-state index contributed by atoms with van der Waals surface area (Å²) in [5.41, 5.74) is 0. The fourth-order valence-corrected chi connectivity index (χ4v) is 11.1. The summed E-state index contributed by atoms with van der Waals surface area (Å²) in [5.74, 6) is -0.641. The molecular formula is C64H124O17P2. The standard InChI is InChI=1S/C64H124O17P2/c1-7-9-11-13-15-16-17-23-30-36-42-48-63(68)80-59(52-74-61(66)46-40-34-26-14-12-10-8-2)54-78-82(70,71)76-50-58(65)51-77-83(72,73)79-55-60(53-75-62(67)47-41-35-29-25-20-22-28-33-39-45-57(5)6)81-64(69)49-43-37-31-24-19-18-21-27-32-38-44-56(3)4/h56-60,65H,7-55H2,1-6H3,(H,70,71)(H,72,73)/t58-,59+,60+/m0/s1. The van der Waals surface area contributed by atoms with Crippen molar-refractivity contribution in [3.05, 3.63) is 0 Å². The van der Waals surface area contributed by atoms with Crippen molar-refractivity contribution in [3.63, 3.8) is 0 Å². The van der Waals surface area contributed by atoms with Crippen molar-refractivity contribution in [1.29, 1.82) is 0 Å². The van der Waals surface area contributed by atoms with Crippen LogP contribution in [0.3, 0.4) is 0 Å². The van der Waals surface area contributed by atoms with Gasteiger partial charge in [0.2, 0.25) is 0 Å². The highest BCUT2D eigenvalue weighted by atomic mass is 31.2. The van der Waals surface area contributed by atoms with Crippen LogP contribution in [0.4, 0.5) is 0 Å². The first kappa shape index (κ1) is 81.1. The number of carbonyl (C=O) groups excluding carboxylic acids is 4. The Hall–Kier alpha value is -1.94. The number of carbonyl (C=O) groups is 4. The van der Waals surface area contributed by atoms with Crippen molar-refractivity contribution < 1.29 is 80.2 Å². The average Bonchev–Trinajstić information content (AvgIpc) is 3.44. The van der Waals surface area contributed by atoms with E-state index in [0.29, 0.717) is 25.7 Å². The molecule has 17 nitrogen and oxygen atoms in total. The Bertz CT molecular complexity index is 1630. The summed E-state index contributed by atoms with van der Waals surface area (Å²) in [5, 5.41) is 10.5. The number of aliphatic hydroxyl groups is 1. The van der Waals surface area contributed by atoms with Crippen LogP contribution in [-0.4, -0.2) is 96.7 Å². The van der Waals surface area contributed by atoms with Crippen LogP contribution in [-0.2, 0) is 65.4 Å². The van der Waals surface area contributed by atoms with Crippen LogP contribution in [0.2, 0.25) is 0 Å². The van der Waals surface area contributed by atoms with Gasteiger partial charge in [0.25, 0.3) is 0 Å². The molecule has 0 aromatic carbocycles. The van der Waals surface area contributed by atoms with Crippen molar-refractivity contribution in [2.45, 2.75) is 336 Å². The highest BCUT2D eigenvalue weighted by Crippen LogP contribution is 2.45. The van der Waals surface area contributed by atoms with Gasteiger partial charge in [-0.1, -0.05) is 266 Å². The molecule has 83 heavy (non-hydrogen) atoms. The van der Waals surface area contributed by atoms with Gasteiger partial charge in [-0.25, -0.2) is 9.13 Å². The topological polar surface area (TPSA) is 237 Å². The normalized spacial score (nSPS) is 14.3. The average molecular weight is 1230 g/mol. The van der Waals surface area contributed by atoms with E-state index in [-0.39, 0.29) is 25.7 Å². The molecule has 0 rings (SSSR count). The van der Waals surface area contributed by atoms with Crippen molar-refractivity contribution in [1.82, 2.24) is 0 Å². The maximum atomic E-state index is 13.0. The molecule has 0 amide bonds. The van der Waals surface area contributed by atoms with Crippen LogP contribution in [0.1, 0.15) is 318 Å². The minimum absolute atomic E-state index is 0.105. The lowest BCUT2D eigenvalue weighted by molar-refractivity contribution is -0.161. The van der Waals surface area contributed by atoms with Gasteiger partial charge in [0.15, 0.2) is 12.2 Å². The third-order valence-electron chi connectivity index (χ3n) is 14.7. The largest absolute Gasteiger partial charge is 0.472 e. The minimum Gasteiger partial charge on any atom is -0.462 e. The molecule has 0 aromatic heterocycles. The predicted octanol–water partition coefficient (Wildman–Crippen LogP) is 17.7. The zero-order valence-electron chi connectivity index (χ0n) is 53.5. The lowest BCUT2D eigenvalue weighted by Gasteiger charge is -2.21. The summed E-state index contributed by atoms with van der Waals surface area (Å²) in [6, 6.07) is 0. The molecule has 19 heteroatoms. The number of aliphatic hydroxyl groups excluding tert-OH is 1. The van der Waals surface area contributed by atoms with Gasteiger partial charge in [-0.3, -0.25) is 37.3 Å². The Balaban J connectivity index is 5.22. The van der Waals surface area contributed by atoms with Gasteiger partial charge < -0.3 is 33.8 Å². The van der Waals surface area contributed by atoms with Gasteiger partial charge in [-0.05, 0) is 37.5 Å². The van der Waals surface area contributed by atoms with E-state index in [2.05, 4.69) is 41.5 Å². The fraction of sp³-hybridized carbons (Fsp3) is 0.938. The third kappa shape index (κ3) is 58.8. The summed E-state index contributed by atoms with van der Waals surface area (Å²) in [6.07, 6.45) is 39.0. The monoisotopic (exact) mass is 1230 g/mol. The Morgan fingerprint density at radius 1 is 0.325 bits per heavy atom. The second kappa shape index (κ2) is 56.6. The van der Waals surface area contributed by atoms with Crippen LogP contribution in [0.15, 0.2) is 0 Å². The van der Waals surface area contributed by atoms with Gasteiger partial charge in [0.05, 0.1) is 26.4 Å². The second-order valence-corrected chi connectivity index (χ2v) is 27.0. The van der Waals surface area contributed by atoms with E-state index in [4.69, 9.17) is 37.0 Å². The van der Waals surface area contributed by atoms with Crippen molar-refractivity contribution in [3.8, 4) is 0 Å². The molecule has 0 fully saturated rings. The zero-order chi connectivity index (χ0) is 61.5. The fourth-order valence-electron chi connectivity index (χ4n) is 9.53. The van der Waals surface area contributed by atoms with Gasteiger partial charge in [0, 0.05) is 25.7 Å². The van der Waals surface area contributed by atoms with E-state index in [1.54, 1.807) is 0 Å². The Morgan fingerprint density at radius 3 is 0.819 bits per heavy atom. The summed E-state index contributed by atoms with van der Waals surface area (Å²) >= 11 is 0. The van der Waals surface area contributed by atoms with Gasteiger partial charge in [-0.2, -0.15) is 0 Å². The summed E-state index contributed by atoms with van der Waals surface area (Å²) < 4.78 is 67.9. The quantitative estimate of drug-likeness (QED) is 0.0222. The number of rotatable bonds is 63. The summed E-state index contributed by atoms with van der Waals surface area (Å²) in [6.45, 7) is 9.43. The molecule has 0 spiro atoms. The van der Waals surface area contributed by atoms with Gasteiger partial charge >= 0.3 is 39.5 Å². The van der Waals surface area contributed by atoms with Crippen LogP contribution in [0.25, 0.3) is 0 Å². The van der Waals surface area contributed by atoms with E-state index in [1.165, 1.54) is 122 Å². The number of phosphoric ester groups is 2. The molecule has 0 radical (unpaired) electrons. The minimum atomic E-state index is -4.94. The van der Waals surface area contributed by atoms with Crippen LogP contribution in [0.5, 0.6) is 0 Å². The van der Waals surface area contributed by atoms with Crippen molar-refractivity contribution in [2.24, 2.45) is 11.8 Å². The highest BCUT2D eigenvalue weighted by Gasteiger charge is 2.30. The molecule has 492 valence electrons. The molecule has 0 aliphatic heterocycles. The van der Waals surface area contributed by atoms with E-state index in [1.807, 2.05) is 0 Å². The van der Waals surface area contributed by atoms with Crippen LogP contribution < -0.4 is 0 Å². The van der Waals surface area contributed by atoms with E-state index < -0.39 is 97.5 Å². The predicted molar refractivity (Wildman–Crippen MR) is 331 cm³/mol. The highest BCUT2D eigenvalue weighted by molar-refractivity contribution is 7.47. The molecule has 0 heterocycles. The molecule has 0 aromatic rings. The molecule has 0 saturated heterocycles. The van der Waals surface area contributed by atoms with Crippen LogP contribution in [0, 0.1) is 11.8 Å².